The average molecular weight is 403 g/mol. The summed E-state index contributed by atoms with van der Waals surface area (Å²) in [6.45, 7) is 8.10. The number of hydrogen-bond acceptors (Lipinski definition) is 3. The van der Waals surface area contributed by atoms with Gasteiger partial charge in [0.15, 0.2) is 0 Å². The molecule has 6 heteroatoms. The molecule has 5 nitrogen and oxygen atoms in total. The Labute approximate surface area is 168 Å². The molecule has 0 saturated carbocycles. The Morgan fingerprint density at radius 1 is 1.04 bits per heavy atom. The molecule has 2 rings (SSSR count). The second-order valence-corrected chi connectivity index (χ2v) is 8.96. The van der Waals surface area contributed by atoms with Crippen LogP contribution in [0.5, 0.6) is 0 Å². The highest BCUT2D eigenvalue weighted by Gasteiger charge is 2.29. The van der Waals surface area contributed by atoms with Crippen LogP contribution in [-0.2, 0) is 34.2 Å². The van der Waals surface area contributed by atoms with Crippen molar-refractivity contribution in [2.24, 2.45) is 0 Å². The van der Waals surface area contributed by atoms with Crippen LogP contribution in [0.25, 0.3) is 0 Å². The molecule has 28 heavy (non-hydrogen) atoms. The van der Waals surface area contributed by atoms with Gasteiger partial charge in [-0.3, -0.25) is 9.10 Å². The molecule has 0 heterocycles. The number of amides is 1. The second kappa shape index (κ2) is 9.24. The Balaban J connectivity index is 2.21. The highest BCUT2D eigenvalue weighted by Crippen LogP contribution is 2.21. The number of aryl methyl sites for hydroxylation is 3. The van der Waals surface area contributed by atoms with E-state index >= 15 is 0 Å². The number of anilines is 1. The number of nitrogens with zero attached hydrogens (tertiary/aromatic N) is 1. The third kappa shape index (κ3) is 5.35. The van der Waals surface area contributed by atoms with Crippen molar-refractivity contribution in [2.45, 2.75) is 53.1 Å². The molecule has 1 amide bonds. The van der Waals surface area contributed by atoms with Crippen LogP contribution in [0.2, 0.25) is 0 Å². The highest BCUT2D eigenvalue weighted by atomic mass is 32.2. The van der Waals surface area contributed by atoms with E-state index in [0.717, 1.165) is 30.2 Å². The van der Waals surface area contributed by atoms with Crippen molar-refractivity contribution < 1.29 is 13.2 Å². The summed E-state index contributed by atoms with van der Waals surface area (Å²) < 4.78 is 25.9. The van der Waals surface area contributed by atoms with Crippen molar-refractivity contribution >= 4 is 21.6 Å². The van der Waals surface area contributed by atoms with Crippen molar-refractivity contribution in [2.75, 3.05) is 10.6 Å². The maximum atomic E-state index is 12.8. The van der Waals surface area contributed by atoms with Gasteiger partial charge in [-0.2, -0.15) is 0 Å². The lowest BCUT2D eigenvalue weighted by Gasteiger charge is -2.28. The fourth-order valence-electron chi connectivity index (χ4n) is 3.24. The number of carbonyl (C=O) groups excluding carboxylic acids is 1. The Morgan fingerprint density at radius 2 is 1.68 bits per heavy atom. The summed E-state index contributed by atoms with van der Waals surface area (Å²) in [5, 5.41) is 2.91. The average Bonchev–Trinajstić information content (AvgIpc) is 2.66. The molecule has 0 fully saturated rings. The summed E-state index contributed by atoms with van der Waals surface area (Å²) in [6, 6.07) is 12.6. The molecule has 1 atom stereocenters. The number of benzene rings is 2. The first-order valence-electron chi connectivity index (χ1n) is 9.61. The molecule has 0 aliphatic rings. The second-order valence-electron chi connectivity index (χ2n) is 7.10. The monoisotopic (exact) mass is 402 g/mol. The topological polar surface area (TPSA) is 66.5 Å². The van der Waals surface area contributed by atoms with E-state index in [1.807, 2.05) is 19.1 Å². The van der Waals surface area contributed by atoms with Gasteiger partial charge in [0, 0.05) is 6.54 Å². The fraction of sp³-hybridized carbons (Fsp3) is 0.409. The molecular weight excluding hydrogens is 372 g/mol. The summed E-state index contributed by atoms with van der Waals surface area (Å²) in [7, 11) is -3.61. The molecule has 0 spiro atoms. The quantitative estimate of drug-likeness (QED) is 0.734. The zero-order valence-corrected chi connectivity index (χ0v) is 18.1. The Morgan fingerprint density at radius 3 is 2.21 bits per heavy atom. The van der Waals surface area contributed by atoms with E-state index in [2.05, 4.69) is 37.4 Å². The van der Waals surface area contributed by atoms with Crippen LogP contribution in [0.15, 0.2) is 42.5 Å². The largest absolute Gasteiger partial charge is 0.350 e. The third-order valence-corrected chi connectivity index (χ3v) is 6.13. The van der Waals surface area contributed by atoms with Gasteiger partial charge in [0.2, 0.25) is 15.9 Å². The Hall–Kier alpha value is -2.34. The van der Waals surface area contributed by atoms with Crippen molar-refractivity contribution in [3.8, 4) is 0 Å². The standard InChI is InChI=1S/C22H30N2O3S/c1-6-18-10-11-19(7-2)20(14-18)15-23-22(25)17(4)24(28(5,26)27)21-12-8-16(3)9-13-21/h8-14,17H,6-7,15H2,1-5H3,(H,23,25)/t17-/m0/s1. The van der Waals surface area contributed by atoms with Crippen molar-refractivity contribution in [3.05, 3.63) is 64.7 Å². The van der Waals surface area contributed by atoms with Crippen molar-refractivity contribution in [3.63, 3.8) is 0 Å². The van der Waals surface area contributed by atoms with Crippen LogP contribution in [-0.4, -0.2) is 26.6 Å². The first kappa shape index (κ1) is 22.0. The van der Waals surface area contributed by atoms with Gasteiger partial charge >= 0.3 is 0 Å². The smallest absolute Gasteiger partial charge is 0.243 e. The van der Waals surface area contributed by atoms with Gasteiger partial charge in [-0.15, -0.1) is 0 Å². The molecule has 0 aliphatic carbocycles. The zero-order valence-electron chi connectivity index (χ0n) is 17.3. The number of hydrogen-bond donors (Lipinski definition) is 1. The Kier molecular flexibility index (Phi) is 7.24. The summed E-state index contributed by atoms with van der Waals surface area (Å²) in [5.74, 6) is -0.324. The third-order valence-electron chi connectivity index (χ3n) is 4.89. The van der Waals surface area contributed by atoms with Crippen LogP contribution in [0, 0.1) is 6.92 Å². The molecule has 0 saturated heterocycles. The van der Waals surface area contributed by atoms with E-state index in [9.17, 15) is 13.2 Å². The lowest BCUT2D eigenvalue weighted by molar-refractivity contribution is -0.122. The SMILES string of the molecule is CCc1ccc(CC)c(CNC(=O)[C@H](C)N(c2ccc(C)cc2)S(C)(=O)=O)c1. The van der Waals surface area contributed by atoms with E-state index in [-0.39, 0.29) is 5.91 Å². The minimum Gasteiger partial charge on any atom is -0.350 e. The molecule has 0 aromatic heterocycles. The van der Waals surface area contributed by atoms with E-state index in [4.69, 9.17) is 0 Å². The maximum Gasteiger partial charge on any atom is 0.243 e. The summed E-state index contributed by atoms with van der Waals surface area (Å²) in [6.07, 6.45) is 2.93. The molecular formula is C22H30N2O3S. The first-order valence-corrected chi connectivity index (χ1v) is 11.5. The van der Waals surface area contributed by atoms with Crippen LogP contribution in [0.1, 0.15) is 43.0 Å². The zero-order chi connectivity index (χ0) is 20.9. The van der Waals surface area contributed by atoms with E-state index in [1.165, 1.54) is 15.4 Å². The van der Waals surface area contributed by atoms with Gasteiger partial charge in [-0.1, -0.05) is 49.7 Å². The van der Waals surface area contributed by atoms with Gasteiger partial charge in [-0.25, -0.2) is 8.42 Å². The number of sulfonamides is 1. The minimum atomic E-state index is -3.61. The first-order chi connectivity index (χ1) is 13.2. The van der Waals surface area contributed by atoms with Gasteiger partial charge in [0.25, 0.3) is 0 Å². The molecule has 0 unspecified atom stereocenters. The summed E-state index contributed by atoms with van der Waals surface area (Å²) in [4.78, 5) is 12.8. The minimum absolute atomic E-state index is 0.324. The van der Waals surface area contributed by atoms with Gasteiger partial charge in [-0.05, 0) is 55.5 Å². The predicted molar refractivity (Wildman–Crippen MR) is 115 cm³/mol. The number of rotatable bonds is 8. The van der Waals surface area contributed by atoms with Crippen LogP contribution >= 0.6 is 0 Å². The highest BCUT2D eigenvalue weighted by molar-refractivity contribution is 7.92. The molecule has 2 aromatic carbocycles. The Bertz CT molecular complexity index is 921. The van der Waals surface area contributed by atoms with E-state index in [0.29, 0.717) is 12.2 Å². The molecule has 1 N–H and O–H groups in total. The van der Waals surface area contributed by atoms with Crippen molar-refractivity contribution in [1.82, 2.24) is 5.32 Å². The van der Waals surface area contributed by atoms with Gasteiger partial charge < -0.3 is 5.32 Å². The summed E-state index contributed by atoms with van der Waals surface area (Å²) >= 11 is 0. The maximum absolute atomic E-state index is 12.8. The van der Waals surface area contributed by atoms with Crippen molar-refractivity contribution in [1.29, 1.82) is 0 Å². The van der Waals surface area contributed by atoms with Gasteiger partial charge in [0.05, 0.1) is 11.9 Å². The molecule has 0 bridgehead atoms. The van der Waals surface area contributed by atoms with Crippen LogP contribution in [0.3, 0.4) is 0 Å². The normalized spacial score (nSPS) is 12.5. The van der Waals surface area contributed by atoms with E-state index in [1.54, 1.807) is 19.1 Å². The number of nitrogens with one attached hydrogen (secondary N) is 1. The molecule has 0 radical (unpaired) electrons. The molecule has 0 aliphatic heterocycles. The van der Waals surface area contributed by atoms with E-state index < -0.39 is 16.1 Å². The fourth-order valence-corrected chi connectivity index (χ4v) is 4.41. The summed E-state index contributed by atoms with van der Waals surface area (Å²) in [5.41, 5.74) is 4.98. The van der Waals surface area contributed by atoms with Gasteiger partial charge in [0.1, 0.15) is 6.04 Å². The molecule has 2 aromatic rings. The number of carbonyl (C=O) groups is 1. The van der Waals surface area contributed by atoms with Crippen LogP contribution in [0.4, 0.5) is 5.69 Å². The lowest BCUT2D eigenvalue weighted by atomic mass is 10.0. The lowest BCUT2D eigenvalue weighted by Crippen LogP contribution is -2.47. The van der Waals surface area contributed by atoms with Crippen LogP contribution < -0.4 is 9.62 Å². The predicted octanol–water partition coefficient (Wildman–Crippen LogP) is 3.59. The molecule has 152 valence electrons.